The topological polar surface area (TPSA) is 83.8 Å². The van der Waals surface area contributed by atoms with E-state index in [4.69, 9.17) is 20.7 Å². The highest BCUT2D eigenvalue weighted by atomic mass is 19.1. The number of fused-ring (bicyclic) bond motifs is 7. The lowest BCUT2D eigenvalue weighted by Gasteiger charge is -2.21. The second kappa shape index (κ2) is 7.41. The van der Waals surface area contributed by atoms with E-state index in [9.17, 15) is 4.39 Å². The van der Waals surface area contributed by atoms with E-state index in [0.717, 1.165) is 40.2 Å². The number of halogens is 1. The van der Waals surface area contributed by atoms with Gasteiger partial charge in [-0.25, -0.2) is 9.37 Å². The maximum Gasteiger partial charge on any atom is 0.166 e. The molecule has 1 aliphatic heterocycles. The Balaban J connectivity index is 1.59. The van der Waals surface area contributed by atoms with Crippen molar-refractivity contribution >= 4 is 5.82 Å². The predicted molar refractivity (Wildman–Crippen MR) is 128 cm³/mol. The van der Waals surface area contributed by atoms with Crippen molar-refractivity contribution in [1.82, 2.24) is 24.5 Å². The quantitative estimate of drug-likeness (QED) is 0.461. The maximum atomic E-state index is 14.3. The summed E-state index contributed by atoms with van der Waals surface area (Å²) >= 11 is 0. The molecule has 2 bridgehead atoms. The van der Waals surface area contributed by atoms with Crippen LogP contribution in [-0.4, -0.2) is 24.5 Å². The largest absolute Gasteiger partial charge is 0.482 e. The summed E-state index contributed by atoms with van der Waals surface area (Å²) in [6, 6.07) is 6.68. The highest BCUT2D eigenvalue weighted by Crippen LogP contribution is 2.47. The summed E-state index contributed by atoms with van der Waals surface area (Å²) in [5.41, 5.74) is 12.9. The summed E-state index contributed by atoms with van der Waals surface area (Å²) < 4.78 is 24.5. The zero-order valence-electron chi connectivity index (χ0n) is 19.5. The number of pyridine rings is 1. The molecule has 0 unspecified atom stereocenters. The van der Waals surface area contributed by atoms with Crippen molar-refractivity contribution in [1.29, 1.82) is 0 Å². The minimum absolute atomic E-state index is 0.279. The van der Waals surface area contributed by atoms with E-state index in [0.29, 0.717) is 23.6 Å². The second-order valence-corrected chi connectivity index (χ2v) is 9.94. The molecule has 4 heterocycles. The average molecular weight is 459 g/mol. The fraction of sp³-hybridized carbons (Fsp3) is 0.346. The zero-order chi connectivity index (χ0) is 23.6. The Kier molecular flexibility index (Phi) is 4.56. The Morgan fingerprint density at radius 3 is 2.82 bits per heavy atom. The van der Waals surface area contributed by atoms with Crippen LogP contribution in [-0.2, 0) is 20.0 Å². The third kappa shape index (κ3) is 3.54. The van der Waals surface area contributed by atoms with Crippen molar-refractivity contribution in [3.8, 4) is 28.3 Å². The van der Waals surface area contributed by atoms with Crippen LogP contribution in [0.2, 0.25) is 0 Å². The van der Waals surface area contributed by atoms with Gasteiger partial charge in [0, 0.05) is 60.2 Å². The molecule has 2 N–H and O–H groups in total. The first-order valence-corrected chi connectivity index (χ1v) is 11.6. The molecule has 3 aromatic heterocycles. The molecule has 1 saturated carbocycles. The Labute approximate surface area is 197 Å². The van der Waals surface area contributed by atoms with Crippen molar-refractivity contribution in [2.24, 2.45) is 12.5 Å². The first kappa shape index (κ1) is 20.9. The molecule has 2 aliphatic rings. The van der Waals surface area contributed by atoms with Crippen LogP contribution in [0.4, 0.5) is 10.2 Å². The van der Waals surface area contributed by atoms with E-state index in [-0.39, 0.29) is 11.2 Å². The van der Waals surface area contributed by atoms with Gasteiger partial charge in [-0.15, -0.1) is 0 Å². The number of hydrogen-bond donors (Lipinski definition) is 1. The third-order valence-electron chi connectivity index (χ3n) is 7.00. The van der Waals surface area contributed by atoms with Gasteiger partial charge in [-0.1, -0.05) is 6.92 Å². The van der Waals surface area contributed by atoms with Gasteiger partial charge >= 0.3 is 0 Å². The van der Waals surface area contributed by atoms with Crippen LogP contribution in [0, 0.1) is 11.2 Å². The summed E-state index contributed by atoms with van der Waals surface area (Å²) in [6.45, 7) is 5.03. The van der Waals surface area contributed by atoms with Crippen LogP contribution < -0.4 is 10.5 Å². The number of anilines is 1. The van der Waals surface area contributed by atoms with E-state index in [1.807, 2.05) is 32.4 Å². The molecule has 0 amide bonds. The van der Waals surface area contributed by atoms with Gasteiger partial charge in [0.2, 0.25) is 0 Å². The summed E-state index contributed by atoms with van der Waals surface area (Å²) in [7, 11) is 1.90. The van der Waals surface area contributed by atoms with Gasteiger partial charge in [0.25, 0.3) is 0 Å². The summed E-state index contributed by atoms with van der Waals surface area (Å²) in [4.78, 5) is 4.44. The number of ether oxygens (including phenoxy) is 1. The molecule has 0 saturated heterocycles. The molecule has 174 valence electrons. The van der Waals surface area contributed by atoms with Crippen LogP contribution in [0.25, 0.3) is 22.5 Å². The average Bonchev–Trinajstić information content (AvgIpc) is 3.22. The zero-order valence-corrected chi connectivity index (χ0v) is 19.5. The third-order valence-corrected chi connectivity index (χ3v) is 7.00. The molecule has 6 rings (SSSR count). The fourth-order valence-electron chi connectivity index (χ4n) is 4.86. The number of aryl methyl sites for hydroxylation is 1. The predicted octanol–water partition coefficient (Wildman–Crippen LogP) is 4.91. The molecule has 1 atom stereocenters. The molecule has 1 aromatic carbocycles. The Hall–Kier alpha value is -3.68. The highest BCUT2D eigenvalue weighted by molar-refractivity contribution is 5.71. The first-order valence-electron chi connectivity index (χ1n) is 11.6. The normalized spacial score (nSPS) is 18.1. The monoisotopic (exact) mass is 458 g/mol. The van der Waals surface area contributed by atoms with Crippen LogP contribution >= 0.6 is 0 Å². The highest BCUT2D eigenvalue weighted by Gasteiger charge is 2.38. The first-order chi connectivity index (χ1) is 16.3. The van der Waals surface area contributed by atoms with Crippen molar-refractivity contribution in [2.75, 3.05) is 5.73 Å². The molecule has 0 spiro atoms. The Bertz CT molecular complexity index is 1420. The van der Waals surface area contributed by atoms with Gasteiger partial charge in [0.05, 0.1) is 17.6 Å². The van der Waals surface area contributed by atoms with Crippen molar-refractivity contribution in [2.45, 2.75) is 45.8 Å². The van der Waals surface area contributed by atoms with E-state index in [1.165, 1.54) is 25.0 Å². The SMILES string of the molecule is C[C@H]1Oc2cc(cnc2N)-c2c(cnn2CC2(C)CC2)Cc2cn(C)nc2-c2ccc(F)cc21. The Morgan fingerprint density at radius 2 is 2.03 bits per heavy atom. The summed E-state index contributed by atoms with van der Waals surface area (Å²) in [5.74, 6) is 0.444. The molecule has 7 nitrogen and oxygen atoms in total. The number of nitrogens with zero attached hydrogens (tertiary/aromatic N) is 5. The lowest BCUT2D eigenvalue weighted by atomic mass is 9.94. The van der Waals surface area contributed by atoms with E-state index >= 15 is 0 Å². The van der Waals surface area contributed by atoms with Gasteiger partial charge in [-0.2, -0.15) is 10.2 Å². The number of hydrogen-bond acceptors (Lipinski definition) is 5. The number of rotatable bonds is 2. The van der Waals surface area contributed by atoms with Crippen LogP contribution in [0.5, 0.6) is 5.75 Å². The van der Waals surface area contributed by atoms with Gasteiger partial charge in [-0.3, -0.25) is 9.36 Å². The second-order valence-electron chi connectivity index (χ2n) is 9.94. The van der Waals surface area contributed by atoms with Gasteiger partial charge in [0.15, 0.2) is 11.6 Å². The van der Waals surface area contributed by atoms with Gasteiger partial charge < -0.3 is 10.5 Å². The molecule has 0 radical (unpaired) electrons. The van der Waals surface area contributed by atoms with Gasteiger partial charge in [0.1, 0.15) is 11.9 Å². The maximum absolute atomic E-state index is 14.3. The standard InChI is InChI=1S/C26H27FN6O/c1-15-21-10-19(27)4-5-20(21)23-18(13-32(3)31-23)8-16-12-30-33(14-26(2)6-7-26)24(16)17-9-22(34-15)25(28)29-11-17/h4-5,9-13,15H,6-8,14H2,1-3H3,(H2,28,29)/t15-/m1/s1. The Morgan fingerprint density at radius 1 is 1.21 bits per heavy atom. The van der Waals surface area contributed by atoms with Crippen molar-refractivity contribution in [3.05, 3.63) is 65.4 Å². The number of nitrogen functional groups attached to an aromatic ring is 1. The van der Waals surface area contributed by atoms with E-state index in [2.05, 4.69) is 16.6 Å². The summed E-state index contributed by atoms with van der Waals surface area (Å²) in [5, 5.41) is 9.54. The lowest BCUT2D eigenvalue weighted by Crippen LogP contribution is -2.12. The molecular formula is C26H27FN6O. The van der Waals surface area contributed by atoms with Crippen LogP contribution in [0.15, 0.2) is 42.9 Å². The molecule has 4 aromatic rings. The molecule has 8 heteroatoms. The lowest BCUT2D eigenvalue weighted by molar-refractivity contribution is 0.227. The van der Waals surface area contributed by atoms with Crippen LogP contribution in [0.1, 0.15) is 49.5 Å². The minimum Gasteiger partial charge on any atom is -0.482 e. The molecule has 34 heavy (non-hydrogen) atoms. The molecular weight excluding hydrogens is 431 g/mol. The summed E-state index contributed by atoms with van der Waals surface area (Å²) in [6.07, 6.45) is 8.32. The fourth-order valence-corrected chi connectivity index (χ4v) is 4.86. The van der Waals surface area contributed by atoms with Crippen LogP contribution in [0.3, 0.4) is 0 Å². The van der Waals surface area contributed by atoms with Crippen molar-refractivity contribution in [3.63, 3.8) is 0 Å². The van der Waals surface area contributed by atoms with Gasteiger partial charge in [-0.05, 0) is 49.4 Å². The number of nitrogens with two attached hydrogens (primary N) is 1. The number of benzene rings is 1. The van der Waals surface area contributed by atoms with Crippen molar-refractivity contribution < 1.29 is 9.13 Å². The smallest absolute Gasteiger partial charge is 0.166 e. The van der Waals surface area contributed by atoms with E-state index < -0.39 is 6.10 Å². The molecule has 1 fully saturated rings. The number of aromatic nitrogens is 5. The van der Waals surface area contributed by atoms with E-state index in [1.54, 1.807) is 16.9 Å². The minimum atomic E-state index is -0.464. The molecule has 1 aliphatic carbocycles.